The van der Waals surface area contributed by atoms with Crippen molar-refractivity contribution in [2.75, 3.05) is 0 Å². The summed E-state index contributed by atoms with van der Waals surface area (Å²) in [5.74, 6) is 1.66. The van der Waals surface area contributed by atoms with E-state index in [2.05, 4.69) is 53.5 Å². The lowest BCUT2D eigenvalue weighted by Crippen LogP contribution is -2.00. The third-order valence-electron chi connectivity index (χ3n) is 8.98. The van der Waals surface area contributed by atoms with Gasteiger partial charge in [-0.2, -0.15) is 0 Å². The maximum atomic E-state index is 6.70. The topological polar surface area (TPSA) is 77.8 Å². The first kappa shape index (κ1) is 26.5. The van der Waals surface area contributed by atoms with Crippen LogP contribution >= 0.6 is 0 Å². The van der Waals surface area contributed by atoms with Gasteiger partial charge in [0.05, 0.1) is 11.1 Å². The van der Waals surface area contributed by atoms with Crippen LogP contribution in [0.5, 0.6) is 0 Å². The van der Waals surface area contributed by atoms with Gasteiger partial charge in [-0.05, 0) is 42.0 Å². The van der Waals surface area contributed by atoms with E-state index in [1.54, 1.807) is 6.20 Å². The molecule has 6 nitrogen and oxygen atoms in total. The van der Waals surface area contributed by atoms with E-state index in [0.29, 0.717) is 17.5 Å². The van der Waals surface area contributed by atoms with Crippen LogP contribution in [0.3, 0.4) is 0 Å². The van der Waals surface area contributed by atoms with Gasteiger partial charge in [0.1, 0.15) is 22.3 Å². The third-order valence-corrected chi connectivity index (χ3v) is 8.98. The monoisotopic (exact) mass is 616 g/mol. The summed E-state index contributed by atoms with van der Waals surface area (Å²) in [5, 5.41) is 5.01. The number of pyridine rings is 1. The second kappa shape index (κ2) is 10.4. The molecular weight excluding hydrogens is 592 g/mol. The molecule has 4 aromatic heterocycles. The highest BCUT2D eigenvalue weighted by molar-refractivity contribution is 6.18. The molecular formula is C42H24N4O2. The van der Waals surface area contributed by atoms with Crippen LogP contribution < -0.4 is 0 Å². The SMILES string of the molecule is c1ccc(-c2nc(-c3cccc4c3oc3ccccc34)nc(-c3ccc(-c4ccccc4)c4oc5cc6ncccc6cc5c34)n2)cc1. The van der Waals surface area contributed by atoms with Crippen LogP contribution in [0.2, 0.25) is 0 Å². The van der Waals surface area contributed by atoms with Gasteiger partial charge in [-0.1, -0.05) is 97.1 Å². The Labute approximate surface area is 274 Å². The average Bonchev–Trinajstić information content (AvgIpc) is 3.72. The molecule has 0 unspecified atom stereocenters. The number of nitrogens with zero attached hydrogens (tertiary/aromatic N) is 4. The van der Waals surface area contributed by atoms with Gasteiger partial charge in [0, 0.05) is 55.9 Å². The maximum absolute atomic E-state index is 6.70. The van der Waals surface area contributed by atoms with E-state index in [0.717, 1.165) is 82.6 Å². The quantitative estimate of drug-likeness (QED) is 0.196. The van der Waals surface area contributed by atoms with Gasteiger partial charge in [0.15, 0.2) is 17.5 Å². The summed E-state index contributed by atoms with van der Waals surface area (Å²) in [7, 11) is 0. The van der Waals surface area contributed by atoms with Crippen LogP contribution in [0, 0.1) is 0 Å². The summed E-state index contributed by atoms with van der Waals surface area (Å²) in [6.07, 6.45) is 1.80. The van der Waals surface area contributed by atoms with Crippen molar-refractivity contribution in [1.82, 2.24) is 19.9 Å². The van der Waals surface area contributed by atoms with E-state index < -0.39 is 0 Å². The molecule has 0 atom stereocenters. The molecule has 0 aliphatic rings. The largest absolute Gasteiger partial charge is 0.455 e. The van der Waals surface area contributed by atoms with Crippen LogP contribution in [0.15, 0.2) is 155 Å². The van der Waals surface area contributed by atoms with Crippen molar-refractivity contribution in [1.29, 1.82) is 0 Å². The maximum Gasteiger partial charge on any atom is 0.167 e. The number of hydrogen-bond acceptors (Lipinski definition) is 6. The van der Waals surface area contributed by atoms with Gasteiger partial charge < -0.3 is 8.83 Å². The summed E-state index contributed by atoms with van der Waals surface area (Å²) in [4.78, 5) is 19.9. The van der Waals surface area contributed by atoms with Crippen LogP contribution in [-0.2, 0) is 0 Å². The van der Waals surface area contributed by atoms with E-state index in [-0.39, 0.29) is 0 Å². The Morgan fingerprint density at radius 3 is 1.96 bits per heavy atom. The number of rotatable bonds is 4. The molecule has 48 heavy (non-hydrogen) atoms. The number of furan rings is 2. The Kier molecular flexibility index (Phi) is 5.77. The molecule has 4 heterocycles. The zero-order chi connectivity index (χ0) is 31.6. The van der Waals surface area contributed by atoms with E-state index >= 15 is 0 Å². The molecule has 0 fully saturated rings. The smallest absolute Gasteiger partial charge is 0.167 e. The summed E-state index contributed by atoms with van der Waals surface area (Å²) < 4.78 is 13.1. The molecule has 10 aromatic rings. The minimum atomic E-state index is 0.534. The minimum absolute atomic E-state index is 0.534. The van der Waals surface area contributed by atoms with Gasteiger partial charge >= 0.3 is 0 Å². The Morgan fingerprint density at radius 2 is 1.10 bits per heavy atom. The number of benzene rings is 6. The normalized spacial score (nSPS) is 11.8. The number of aromatic nitrogens is 4. The molecule has 0 aliphatic heterocycles. The van der Waals surface area contributed by atoms with Gasteiger partial charge in [-0.15, -0.1) is 0 Å². The Bertz CT molecular complexity index is 2840. The molecule has 0 amide bonds. The van der Waals surface area contributed by atoms with Gasteiger partial charge in [-0.25, -0.2) is 15.0 Å². The van der Waals surface area contributed by atoms with Crippen molar-refractivity contribution in [2.45, 2.75) is 0 Å². The molecule has 10 rings (SSSR count). The van der Waals surface area contributed by atoms with Crippen molar-refractivity contribution >= 4 is 54.8 Å². The van der Waals surface area contributed by atoms with E-state index in [9.17, 15) is 0 Å². The first-order chi connectivity index (χ1) is 23.8. The van der Waals surface area contributed by atoms with E-state index in [1.807, 2.05) is 91.0 Å². The van der Waals surface area contributed by atoms with Crippen molar-refractivity contribution in [2.24, 2.45) is 0 Å². The van der Waals surface area contributed by atoms with E-state index in [1.165, 1.54) is 0 Å². The summed E-state index contributed by atoms with van der Waals surface area (Å²) in [6.45, 7) is 0. The van der Waals surface area contributed by atoms with Crippen LogP contribution in [0.25, 0.3) is 100 Å². The molecule has 6 aromatic carbocycles. The number of fused-ring (bicyclic) bond motifs is 7. The van der Waals surface area contributed by atoms with Crippen molar-refractivity contribution in [3.05, 3.63) is 146 Å². The average molecular weight is 617 g/mol. The fourth-order valence-electron chi connectivity index (χ4n) is 6.73. The van der Waals surface area contributed by atoms with Crippen molar-refractivity contribution in [3.8, 4) is 45.3 Å². The lowest BCUT2D eigenvalue weighted by molar-refractivity contribution is 0.669. The predicted molar refractivity (Wildman–Crippen MR) is 191 cm³/mol. The third kappa shape index (κ3) is 4.13. The molecule has 0 radical (unpaired) electrons. The second-order valence-corrected chi connectivity index (χ2v) is 11.8. The first-order valence-corrected chi connectivity index (χ1v) is 15.8. The molecule has 6 heteroatoms. The number of hydrogen-bond donors (Lipinski definition) is 0. The zero-order valence-electron chi connectivity index (χ0n) is 25.5. The van der Waals surface area contributed by atoms with Gasteiger partial charge in [-0.3, -0.25) is 4.98 Å². The molecule has 0 saturated carbocycles. The van der Waals surface area contributed by atoms with Gasteiger partial charge in [0.2, 0.25) is 0 Å². The highest BCUT2D eigenvalue weighted by Crippen LogP contribution is 2.43. The van der Waals surface area contributed by atoms with Crippen LogP contribution in [0.4, 0.5) is 0 Å². The fourth-order valence-corrected chi connectivity index (χ4v) is 6.73. The van der Waals surface area contributed by atoms with Crippen LogP contribution in [0.1, 0.15) is 0 Å². The van der Waals surface area contributed by atoms with Crippen molar-refractivity contribution in [3.63, 3.8) is 0 Å². The fraction of sp³-hybridized carbons (Fsp3) is 0. The van der Waals surface area contributed by atoms with Gasteiger partial charge in [0.25, 0.3) is 0 Å². The van der Waals surface area contributed by atoms with E-state index in [4.69, 9.17) is 23.8 Å². The highest BCUT2D eigenvalue weighted by atomic mass is 16.3. The Morgan fingerprint density at radius 1 is 0.417 bits per heavy atom. The molecule has 224 valence electrons. The lowest BCUT2D eigenvalue weighted by Gasteiger charge is -2.11. The lowest BCUT2D eigenvalue weighted by atomic mass is 9.97. The Hall–Kier alpha value is -6.66. The summed E-state index contributed by atoms with van der Waals surface area (Å²) in [5.41, 5.74) is 8.57. The first-order valence-electron chi connectivity index (χ1n) is 15.8. The van der Waals surface area contributed by atoms with Crippen molar-refractivity contribution < 1.29 is 8.83 Å². The minimum Gasteiger partial charge on any atom is -0.455 e. The highest BCUT2D eigenvalue weighted by Gasteiger charge is 2.22. The molecule has 0 N–H and O–H groups in total. The Balaban J connectivity index is 1.29. The molecule has 0 spiro atoms. The standard InChI is InChI=1S/C42H24N4O2/c1-3-11-25(12-4-1)28-20-21-31(37-33-23-27-15-10-22-43-34(27)24-36(33)48-39(28)37)41-44-40(26-13-5-2-6-14-26)45-42(46-41)32-18-9-17-30-29-16-7-8-19-35(29)47-38(30)32/h1-24H. The number of para-hydroxylation sites is 2. The molecule has 0 saturated heterocycles. The summed E-state index contributed by atoms with van der Waals surface area (Å²) >= 11 is 0. The molecule has 0 aliphatic carbocycles. The summed E-state index contributed by atoms with van der Waals surface area (Å²) in [6, 6.07) is 46.9. The predicted octanol–water partition coefficient (Wildman–Crippen LogP) is 10.9. The van der Waals surface area contributed by atoms with Crippen LogP contribution in [-0.4, -0.2) is 19.9 Å². The second-order valence-electron chi connectivity index (χ2n) is 11.8. The molecule has 0 bridgehead atoms. The zero-order valence-corrected chi connectivity index (χ0v) is 25.5.